The third-order valence-corrected chi connectivity index (χ3v) is 2.22. The second-order valence-electron chi connectivity index (χ2n) is 3.68. The number of phenolic OH excluding ortho intramolecular Hbond substituents is 2. The van der Waals surface area contributed by atoms with Crippen LogP contribution in [0.4, 0.5) is 0 Å². The van der Waals surface area contributed by atoms with Crippen molar-refractivity contribution in [2.24, 2.45) is 5.73 Å². The van der Waals surface area contributed by atoms with Crippen molar-refractivity contribution in [3.8, 4) is 17.2 Å². The van der Waals surface area contributed by atoms with E-state index in [1.54, 1.807) is 6.07 Å². The monoisotopic (exact) mass is 211 g/mol. The molecule has 4 heteroatoms. The Morgan fingerprint density at radius 3 is 2.60 bits per heavy atom. The Bertz CT molecular complexity index is 337. The first-order valence-electron chi connectivity index (χ1n) is 4.89. The summed E-state index contributed by atoms with van der Waals surface area (Å²) in [7, 11) is 1.45. The van der Waals surface area contributed by atoms with Gasteiger partial charge in [0.25, 0.3) is 0 Å². The molecule has 4 N–H and O–H groups in total. The lowest BCUT2D eigenvalue weighted by atomic mass is 10.1. The minimum absolute atomic E-state index is 0.118. The molecular formula is C11H17NO3. The molecule has 0 aliphatic heterocycles. The van der Waals surface area contributed by atoms with E-state index in [1.807, 2.05) is 6.92 Å². The first-order valence-corrected chi connectivity index (χ1v) is 4.89. The van der Waals surface area contributed by atoms with Crippen molar-refractivity contribution >= 4 is 0 Å². The highest BCUT2D eigenvalue weighted by Gasteiger charge is 2.09. The third-order valence-electron chi connectivity index (χ3n) is 2.22. The van der Waals surface area contributed by atoms with E-state index >= 15 is 0 Å². The van der Waals surface area contributed by atoms with Gasteiger partial charge >= 0.3 is 0 Å². The van der Waals surface area contributed by atoms with Gasteiger partial charge < -0.3 is 20.7 Å². The highest BCUT2D eigenvalue weighted by Crippen LogP contribution is 2.36. The minimum Gasteiger partial charge on any atom is -0.504 e. The molecule has 0 spiro atoms. The summed E-state index contributed by atoms with van der Waals surface area (Å²) in [6.45, 7) is 1.93. The van der Waals surface area contributed by atoms with Gasteiger partial charge in [-0.25, -0.2) is 0 Å². The van der Waals surface area contributed by atoms with Gasteiger partial charge in [0, 0.05) is 6.04 Å². The Balaban J connectivity index is 2.86. The lowest BCUT2D eigenvalue weighted by molar-refractivity contribution is 0.350. The minimum atomic E-state index is -0.220. The summed E-state index contributed by atoms with van der Waals surface area (Å²) >= 11 is 0. The molecule has 0 amide bonds. The highest BCUT2D eigenvalue weighted by molar-refractivity contribution is 5.51. The summed E-state index contributed by atoms with van der Waals surface area (Å²) in [5.74, 6) is -0.0919. The van der Waals surface area contributed by atoms with Crippen molar-refractivity contribution in [3.05, 3.63) is 17.7 Å². The molecule has 0 bridgehead atoms. The predicted molar refractivity (Wildman–Crippen MR) is 58.3 cm³/mol. The summed E-state index contributed by atoms with van der Waals surface area (Å²) in [6.07, 6.45) is 1.58. The molecule has 1 aromatic rings. The smallest absolute Gasteiger partial charge is 0.200 e. The zero-order chi connectivity index (χ0) is 11.4. The summed E-state index contributed by atoms with van der Waals surface area (Å²) in [6, 6.07) is 3.35. The number of ether oxygens (including phenoxy) is 1. The molecule has 1 atom stereocenters. The number of hydrogen-bond donors (Lipinski definition) is 3. The number of hydrogen-bond acceptors (Lipinski definition) is 4. The molecule has 0 aromatic heterocycles. The zero-order valence-corrected chi connectivity index (χ0v) is 9.03. The molecule has 0 heterocycles. The number of methoxy groups -OCH3 is 1. The number of phenols is 2. The average molecular weight is 211 g/mol. The van der Waals surface area contributed by atoms with E-state index in [0.717, 1.165) is 18.4 Å². The van der Waals surface area contributed by atoms with E-state index in [4.69, 9.17) is 10.5 Å². The maximum Gasteiger partial charge on any atom is 0.200 e. The van der Waals surface area contributed by atoms with E-state index in [-0.39, 0.29) is 23.3 Å². The predicted octanol–water partition coefficient (Wildman–Crippen LogP) is 1.39. The molecule has 0 fully saturated rings. The molecule has 0 saturated heterocycles. The fourth-order valence-electron chi connectivity index (χ4n) is 1.34. The standard InChI is InChI=1S/C11H17NO3/c1-7(12)3-4-8-5-9(13)11(14)10(6-8)15-2/h5-7,13-14H,3-4,12H2,1-2H3. The molecule has 84 valence electrons. The van der Waals surface area contributed by atoms with Crippen LogP contribution in [0.3, 0.4) is 0 Å². The molecule has 15 heavy (non-hydrogen) atoms. The van der Waals surface area contributed by atoms with Crippen LogP contribution < -0.4 is 10.5 Å². The Morgan fingerprint density at radius 2 is 2.07 bits per heavy atom. The lowest BCUT2D eigenvalue weighted by Gasteiger charge is -2.09. The second-order valence-corrected chi connectivity index (χ2v) is 3.68. The lowest BCUT2D eigenvalue weighted by Crippen LogP contribution is -2.15. The van der Waals surface area contributed by atoms with Crippen molar-refractivity contribution in [2.45, 2.75) is 25.8 Å². The molecule has 0 saturated carbocycles. The highest BCUT2D eigenvalue weighted by atomic mass is 16.5. The quantitative estimate of drug-likeness (QED) is 0.658. The van der Waals surface area contributed by atoms with Gasteiger partial charge in [0.05, 0.1) is 7.11 Å². The Hall–Kier alpha value is -1.42. The third kappa shape index (κ3) is 3.02. The van der Waals surface area contributed by atoms with Gasteiger partial charge in [-0.15, -0.1) is 0 Å². The van der Waals surface area contributed by atoms with Crippen molar-refractivity contribution < 1.29 is 14.9 Å². The summed E-state index contributed by atoms with van der Waals surface area (Å²) in [5.41, 5.74) is 6.54. The SMILES string of the molecule is COc1cc(CCC(C)N)cc(O)c1O. The zero-order valence-electron chi connectivity index (χ0n) is 9.03. The van der Waals surface area contributed by atoms with Crippen LogP contribution in [-0.4, -0.2) is 23.4 Å². The summed E-state index contributed by atoms with van der Waals surface area (Å²) in [5, 5.41) is 18.8. The van der Waals surface area contributed by atoms with Gasteiger partial charge in [0.15, 0.2) is 11.5 Å². The van der Waals surface area contributed by atoms with Crippen molar-refractivity contribution in [1.29, 1.82) is 0 Å². The molecule has 0 aliphatic carbocycles. The molecule has 1 aromatic carbocycles. The van der Waals surface area contributed by atoms with E-state index < -0.39 is 0 Å². The maximum atomic E-state index is 9.42. The Labute approximate surface area is 89.3 Å². The van der Waals surface area contributed by atoms with E-state index in [0.29, 0.717) is 0 Å². The maximum absolute atomic E-state index is 9.42. The van der Waals surface area contributed by atoms with Crippen molar-refractivity contribution in [1.82, 2.24) is 0 Å². The van der Waals surface area contributed by atoms with Gasteiger partial charge in [0.2, 0.25) is 5.75 Å². The van der Waals surface area contributed by atoms with E-state index in [1.165, 1.54) is 13.2 Å². The van der Waals surface area contributed by atoms with Gasteiger partial charge in [-0.1, -0.05) is 0 Å². The van der Waals surface area contributed by atoms with Crippen LogP contribution in [0, 0.1) is 0 Å². The van der Waals surface area contributed by atoms with Crippen LogP contribution in [-0.2, 0) is 6.42 Å². The van der Waals surface area contributed by atoms with Crippen LogP contribution in [0.2, 0.25) is 0 Å². The number of aryl methyl sites for hydroxylation is 1. The van der Waals surface area contributed by atoms with Crippen LogP contribution in [0.5, 0.6) is 17.2 Å². The van der Waals surface area contributed by atoms with Gasteiger partial charge in [-0.05, 0) is 37.5 Å². The Morgan fingerprint density at radius 1 is 1.40 bits per heavy atom. The fourth-order valence-corrected chi connectivity index (χ4v) is 1.34. The molecule has 1 rings (SSSR count). The van der Waals surface area contributed by atoms with Crippen molar-refractivity contribution in [2.75, 3.05) is 7.11 Å². The molecule has 4 nitrogen and oxygen atoms in total. The fraction of sp³-hybridized carbons (Fsp3) is 0.455. The average Bonchev–Trinajstić information content (AvgIpc) is 2.19. The Kier molecular flexibility index (Phi) is 3.80. The number of benzene rings is 1. The molecule has 0 aliphatic rings. The molecule has 1 unspecified atom stereocenters. The molecule has 0 radical (unpaired) electrons. The number of rotatable bonds is 4. The normalized spacial score (nSPS) is 12.5. The van der Waals surface area contributed by atoms with Crippen LogP contribution in [0.1, 0.15) is 18.9 Å². The van der Waals surface area contributed by atoms with Gasteiger partial charge in [-0.2, -0.15) is 0 Å². The number of nitrogens with two attached hydrogens (primary N) is 1. The van der Waals surface area contributed by atoms with Crippen molar-refractivity contribution in [3.63, 3.8) is 0 Å². The first-order chi connectivity index (χ1) is 7.04. The van der Waals surface area contributed by atoms with Crippen LogP contribution in [0.25, 0.3) is 0 Å². The van der Waals surface area contributed by atoms with Gasteiger partial charge in [0.1, 0.15) is 0 Å². The topological polar surface area (TPSA) is 75.7 Å². The molecular weight excluding hydrogens is 194 g/mol. The first kappa shape index (κ1) is 11.7. The van der Waals surface area contributed by atoms with Gasteiger partial charge in [-0.3, -0.25) is 0 Å². The summed E-state index contributed by atoms with van der Waals surface area (Å²) < 4.78 is 4.93. The number of aromatic hydroxyl groups is 2. The van der Waals surface area contributed by atoms with Crippen LogP contribution in [0.15, 0.2) is 12.1 Å². The second kappa shape index (κ2) is 4.89. The van der Waals surface area contributed by atoms with E-state index in [2.05, 4.69) is 0 Å². The van der Waals surface area contributed by atoms with E-state index in [9.17, 15) is 10.2 Å². The van der Waals surface area contributed by atoms with Crippen LogP contribution >= 0.6 is 0 Å². The largest absolute Gasteiger partial charge is 0.504 e. The summed E-state index contributed by atoms with van der Waals surface area (Å²) in [4.78, 5) is 0.